The molecule has 0 unspecified atom stereocenters. The molecule has 5 heteroatoms. The van der Waals surface area contributed by atoms with Crippen molar-refractivity contribution in [2.75, 3.05) is 20.1 Å². The van der Waals surface area contributed by atoms with Crippen LogP contribution >= 0.6 is 11.3 Å². The largest absolute Gasteiger partial charge is 0.416 e. The van der Waals surface area contributed by atoms with Crippen molar-refractivity contribution in [3.05, 3.63) is 58.5 Å². The third-order valence-electron chi connectivity index (χ3n) is 5.05. The van der Waals surface area contributed by atoms with Gasteiger partial charge in [-0.25, -0.2) is 0 Å². The first-order valence-corrected chi connectivity index (χ1v) is 11.0. The molecule has 30 heavy (non-hydrogen) atoms. The van der Waals surface area contributed by atoms with Crippen LogP contribution in [0.5, 0.6) is 0 Å². The molecule has 2 aromatic carbocycles. The predicted molar refractivity (Wildman–Crippen MR) is 121 cm³/mol. The molecule has 0 atom stereocenters. The normalized spacial score (nSPS) is 11.7. The zero-order valence-corrected chi connectivity index (χ0v) is 18.4. The van der Waals surface area contributed by atoms with Gasteiger partial charge >= 0.3 is 6.18 Å². The summed E-state index contributed by atoms with van der Waals surface area (Å²) >= 11 is 1.65. The molecule has 0 saturated carbocycles. The molecule has 0 aliphatic rings. The van der Waals surface area contributed by atoms with Gasteiger partial charge in [0.15, 0.2) is 0 Å². The predicted octanol–water partition coefficient (Wildman–Crippen LogP) is 7.37. The highest BCUT2D eigenvalue weighted by Crippen LogP contribution is 2.39. The van der Waals surface area contributed by atoms with Crippen molar-refractivity contribution < 1.29 is 13.2 Å². The Morgan fingerprint density at radius 1 is 1.03 bits per heavy atom. The number of benzene rings is 2. The minimum Gasteiger partial charge on any atom is -0.306 e. The first kappa shape index (κ1) is 22.4. The summed E-state index contributed by atoms with van der Waals surface area (Å²) in [4.78, 5) is 3.42. The highest BCUT2D eigenvalue weighted by molar-refractivity contribution is 7.19. The maximum absolute atomic E-state index is 12.8. The first-order valence-electron chi connectivity index (χ1n) is 10.2. The van der Waals surface area contributed by atoms with Crippen molar-refractivity contribution in [3.63, 3.8) is 0 Å². The summed E-state index contributed by atoms with van der Waals surface area (Å²) in [5.74, 6) is 6.51. The van der Waals surface area contributed by atoms with Gasteiger partial charge in [0.1, 0.15) is 0 Å². The van der Waals surface area contributed by atoms with Gasteiger partial charge < -0.3 is 4.90 Å². The van der Waals surface area contributed by atoms with Gasteiger partial charge in [0.05, 0.1) is 5.56 Å². The number of aryl methyl sites for hydroxylation is 1. The molecule has 3 rings (SSSR count). The molecule has 1 heterocycles. The molecular formula is C25H26F3NS. The van der Waals surface area contributed by atoms with Gasteiger partial charge in [0.2, 0.25) is 0 Å². The Kier molecular flexibility index (Phi) is 7.23. The van der Waals surface area contributed by atoms with Gasteiger partial charge in [0.25, 0.3) is 0 Å². The summed E-state index contributed by atoms with van der Waals surface area (Å²) in [6.45, 7) is 6.36. The smallest absolute Gasteiger partial charge is 0.306 e. The van der Waals surface area contributed by atoms with Gasteiger partial charge in [-0.15, -0.1) is 11.3 Å². The summed E-state index contributed by atoms with van der Waals surface area (Å²) in [6.07, 6.45) is -1.23. The van der Waals surface area contributed by atoms with Crippen molar-refractivity contribution in [3.8, 4) is 23.0 Å². The molecule has 3 aromatic rings. The Morgan fingerprint density at radius 3 is 2.43 bits per heavy atom. The number of nitrogens with zero attached hydrogens (tertiary/aromatic N) is 1. The van der Waals surface area contributed by atoms with Crippen LogP contribution in [0.2, 0.25) is 0 Å². The lowest BCUT2D eigenvalue weighted by atomic mass is 10.00. The molecule has 0 spiro atoms. The van der Waals surface area contributed by atoms with Crippen molar-refractivity contribution in [2.24, 2.45) is 0 Å². The molecule has 0 radical (unpaired) electrons. The zero-order valence-electron chi connectivity index (χ0n) is 17.6. The van der Waals surface area contributed by atoms with E-state index in [0.717, 1.165) is 76.1 Å². The molecule has 1 nitrogen and oxygen atoms in total. The van der Waals surface area contributed by atoms with Crippen LogP contribution in [-0.2, 0) is 6.18 Å². The zero-order chi connectivity index (χ0) is 21.7. The van der Waals surface area contributed by atoms with Crippen molar-refractivity contribution in [1.29, 1.82) is 0 Å². The van der Waals surface area contributed by atoms with E-state index >= 15 is 0 Å². The molecule has 0 N–H and O–H groups in total. The summed E-state index contributed by atoms with van der Waals surface area (Å²) in [7, 11) is 2.14. The van der Waals surface area contributed by atoms with E-state index < -0.39 is 11.7 Å². The van der Waals surface area contributed by atoms with Crippen molar-refractivity contribution in [1.82, 2.24) is 4.90 Å². The van der Waals surface area contributed by atoms with E-state index in [1.165, 1.54) is 0 Å². The highest BCUT2D eigenvalue weighted by Gasteiger charge is 2.30. The van der Waals surface area contributed by atoms with Gasteiger partial charge in [-0.3, -0.25) is 0 Å². The van der Waals surface area contributed by atoms with Gasteiger partial charge in [-0.05, 0) is 69.7 Å². The Balaban J connectivity index is 1.76. The van der Waals surface area contributed by atoms with Crippen LogP contribution in [0.3, 0.4) is 0 Å². The first-order chi connectivity index (χ1) is 14.3. The summed E-state index contributed by atoms with van der Waals surface area (Å²) < 4.78 is 39.7. The lowest BCUT2D eigenvalue weighted by molar-refractivity contribution is -0.137. The highest BCUT2D eigenvalue weighted by atomic mass is 32.1. The van der Waals surface area contributed by atoms with E-state index in [1.807, 2.05) is 19.1 Å². The van der Waals surface area contributed by atoms with Gasteiger partial charge in [0, 0.05) is 32.5 Å². The minimum atomic E-state index is -4.32. The molecule has 0 aliphatic heterocycles. The second-order valence-corrected chi connectivity index (χ2v) is 8.78. The van der Waals surface area contributed by atoms with E-state index in [9.17, 15) is 13.2 Å². The fraction of sp³-hybridized carbons (Fsp3) is 0.360. The van der Waals surface area contributed by atoms with Crippen LogP contribution in [0.4, 0.5) is 13.2 Å². The number of hydrogen-bond donors (Lipinski definition) is 0. The van der Waals surface area contributed by atoms with E-state index in [2.05, 4.69) is 36.8 Å². The Hall–Kier alpha value is -2.29. The molecule has 1 aromatic heterocycles. The molecule has 158 valence electrons. The maximum atomic E-state index is 12.8. The SMILES string of the molecule is CCCN(C)CCCC#Cc1ccc2c(-c3ccc(C(F)(F)F)cc3)c(C)sc2c1. The number of thiophene rings is 1. The van der Waals surface area contributed by atoms with E-state index in [1.54, 1.807) is 23.5 Å². The number of halogens is 3. The van der Waals surface area contributed by atoms with Crippen LogP contribution < -0.4 is 0 Å². The maximum Gasteiger partial charge on any atom is 0.416 e. The standard InChI is InChI=1S/C25H26F3NS/c1-4-15-29(3)16-7-5-6-8-19-9-14-22-23(17-19)30-18(2)24(22)20-10-12-21(13-11-20)25(26,27)28/h9-14,17H,4-5,7,15-16H2,1-3H3. The summed E-state index contributed by atoms with van der Waals surface area (Å²) in [5, 5.41) is 1.06. The second kappa shape index (κ2) is 9.68. The number of hydrogen-bond acceptors (Lipinski definition) is 2. The molecule has 0 saturated heterocycles. The van der Waals surface area contributed by atoms with Crippen LogP contribution in [0, 0.1) is 18.8 Å². The van der Waals surface area contributed by atoms with Gasteiger partial charge in [-0.1, -0.05) is 37.0 Å². The number of fused-ring (bicyclic) bond motifs is 1. The monoisotopic (exact) mass is 429 g/mol. The van der Waals surface area contributed by atoms with Crippen molar-refractivity contribution >= 4 is 21.4 Å². The lowest BCUT2D eigenvalue weighted by Crippen LogP contribution is -2.20. The third-order valence-corrected chi connectivity index (χ3v) is 6.11. The minimum absolute atomic E-state index is 0.623. The Morgan fingerprint density at radius 2 is 1.77 bits per heavy atom. The number of unbranched alkanes of at least 4 members (excludes halogenated alkanes) is 1. The van der Waals surface area contributed by atoms with E-state index in [4.69, 9.17) is 0 Å². The van der Waals surface area contributed by atoms with Gasteiger partial charge in [-0.2, -0.15) is 13.2 Å². The summed E-state index contributed by atoms with van der Waals surface area (Å²) in [5.41, 5.74) is 2.16. The quantitative estimate of drug-likeness (QED) is 0.292. The van der Waals surface area contributed by atoms with Crippen LogP contribution in [-0.4, -0.2) is 25.0 Å². The van der Waals surface area contributed by atoms with Crippen LogP contribution in [0.1, 0.15) is 42.2 Å². The molecule has 0 amide bonds. The average Bonchev–Trinajstić information content (AvgIpc) is 3.02. The Bertz CT molecular complexity index is 1050. The number of alkyl halides is 3. The molecule has 0 aliphatic carbocycles. The van der Waals surface area contributed by atoms with E-state index in [-0.39, 0.29) is 0 Å². The fourth-order valence-corrected chi connectivity index (χ4v) is 4.70. The molecule has 0 bridgehead atoms. The fourth-order valence-electron chi connectivity index (χ4n) is 3.58. The lowest BCUT2D eigenvalue weighted by Gasteiger charge is -2.13. The number of rotatable bonds is 6. The Labute approximate surface area is 180 Å². The average molecular weight is 430 g/mol. The topological polar surface area (TPSA) is 3.24 Å². The third kappa shape index (κ3) is 5.44. The summed E-state index contributed by atoms with van der Waals surface area (Å²) in [6, 6.07) is 11.5. The van der Waals surface area contributed by atoms with Crippen molar-refractivity contribution in [2.45, 2.75) is 39.3 Å². The second-order valence-electron chi connectivity index (χ2n) is 7.53. The molecular weight excluding hydrogens is 403 g/mol. The van der Waals surface area contributed by atoms with Crippen LogP contribution in [0.15, 0.2) is 42.5 Å². The van der Waals surface area contributed by atoms with E-state index in [0.29, 0.717) is 0 Å². The van der Waals surface area contributed by atoms with Crippen LogP contribution in [0.25, 0.3) is 21.2 Å². The molecule has 0 fully saturated rings.